The number of aliphatic imine (C=N–C) groups is 2. The van der Waals surface area contributed by atoms with Crippen LogP contribution in [0.2, 0.25) is 0 Å². The van der Waals surface area contributed by atoms with Crippen molar-refractivity contribution in [2.75, 3.05) is 30.7 Å². The molecule has 2 aromatic rings. The van der Waals surface area contributed by atoms with Crippen LogP contribution >= 0.6 is 11.8 Å². The zero-order valence-electron chi connectivity index (χ0n) is 14.2. The third-order valence-corrected chi connectivity index (χ3v) is 5.31. The molecule has 0 saturated carbocycles. The molecule has 5 heteroatoms. The van der Waals surface area contributed by atoms with E-state index in [4.69, 9.17) is 0 Å². The summed E-state index contributed by atoms with van der Waals surface area (Å²) in [5.74, 6) is 2.12. The van der Waals surface area contributed by atoms with E-state index in [1.165, 1.54) is 16.7 Å². The summed E-state index contributed by atoms with van der Waals surface area (Å²) in [5.41, 5.74) is 5.07. The summed E-state index contributed by atoms with van der Waals surface area (Å²) in [6.45, 7) is 2.69. The quantitative estimate of drug-likeness (QED) is 0.889. The van der Waals surface area contributed by atoms with Crippen LogP contribution < -0.4 is 10.6 Å². The SMILES string of the molecule is c1ccc2c(c1)CCN=C2NCCc1ccc(NC2=NCCS2)cc1. The maximum atomic E-state index is 4.65. The molecule has 0 amide bonds. The van der Waals surface area contributed by atoms with Crippen molar-refractivity contribution < 1.29 is 0 Å². The lowest BCUT2D eigenvalue weighted by atomic mass is 10.0. The van der Waals surface area contributed by atoms with Crippen molar-refractivity contribution in [3.63, 3.8) is 0 Å². The number of amidine groups is 2. The Morgan fingerprint density at radius 2 is 1.84 bits per heavy atom. The van der Waals surface area contributed by atoms with E-state index in [1.54, 1.807) is 11.8 Å². The fraction of sp³-hybridized carbons (Fsp3) is 0.300. The van der Waals surface area contributed by atoms with Crippen molar-refractivity contribution in [3.05, 3.63) is 65.2 Å². The Balaban J connectivity index is 1.31. The van der Waals surface area contributed by atoms with Crippen molar-refractivity contribution in [3.8, 4) is 0 Å². The van der Waals surface area contributed by atoms with E-state index in [9.17, 15) is 0 Å². The third kappa shape index (κ3) is 4.04. The summed E-state index contributed by atoms with van der Waals surface area (Å²) >= 11 is 1.78. The Kier molecular flexibility index (Phi) is 5.02. The Hall–Kier alpha value is -2.27. The summed E-state index contributed by atoms with van der Waals surface area (Å²) in [5, 5.41) is 7.91. The van der Waals surface area contributed by atoms with Gasteiger partial charge in [-0.15, -0.1) is 0 Å². The van der Waals surface area contributed by atoms with Crippen molar-refractivity contribution in [2.45, 2.75) is 12.8 Å². The predicted molar refractivity (Wildman–Crippen MR) is 108 cm³/mol. The second-order valence-corrected chi connectivity index (χ2v) is 7.26. The summed E-state index contributed by atoms with van der Waals surface area (Å²) in [4.78, 5) is 9.07. The molecule has 4 rings (SSSR count). The van der Waals surface area contributed by atoms with E-state index in [0.29, 0.717) is 0 Å². The number of hydrogen-bond acceptors (Lipinski definition) is 5. The van der Waals surface area contributed by atoms with Gasteiger partial charge in [-0.2, -0.15) is 0 Å². The topological polar surface area (TPSA) is 48.8 Å². The molecule has 0 aliphatic carbocycles. The molecule has 0 spiro atoms. The number of anilines is 1. The minimum atomic E-state index is 0.877. The Morgan fingerprint density at radius 3 is 2.68 bits per heavy atom. The minimum Gasteiger partial charge on any atom is -0.370 e. The highest BCUT2D eigenvalue weighted by Crippen LogP contribution is 2.17. The summed E-state index contributed by atoms with van der Waals surface area (Å²) < 4.78 is 0. The first-order chi connectivity index (χ1) is 12.4. The zero-order chi connectivity index (χ0) is 16.9. The molecule has 2 N–H and O–H groups in total. The Bertz CT molecular complexity index is 796. The molecule has 2 heterocycles. The molecule has 2 aliphatic rings. The molecule has 4 nitrogen and oxygen atoms in total. The van der Waals surface area contributed by atoms with Crippen LogP contribution in [0.25, 0.3) is 0 Å². The minimum absolute atomic E-state index is 0.877. The molecular formula is C20H22N4S. The van der Waals surface area contributed by atoms with Crippen LogP contribution in [0.5, 0.6) is 0 Å². The van der Waals surface area contributed by atoms with Crippen molar-refractivity contribution >= 4 is 28.5 Å². The van der Waals surface area contributed by atoms with Crippen LogP contribution in [0.3, 0.4) is 0 Å². The maximum Gasteiger partial charge on any atom is 0.161 e. The van der Waals surface area contributed by atoms with Gasteiger partial charge in [-0.1, -0.05) is 48.2 Å². The van der Waals surface area contributed by atoms with Crippen LogP contribution in [0.1, 0.15) is 16.7 Å². The average Bonchev–Trinajstić information content (AvgIpc) is 3.16. The van der Waals surface area contributed by atoms with E-state index >= 15 is 0 Å². The molecular weight excluding hydrogens is 328 g/mol. The predicted octanol–water partition coefficient (Wildman–Crippen LogP) is 3.34. The van der Waals surface area contributed by atoms with Crippen LogP contribution in [0, 0.1) is 0 Å². The number of hydrogen-bond donors (Lipinski definition) is 2. The van der Waals surface area contributed by atoms with Gasteiger partial charge in [0.05, 0.1) is 6.54 Å². The second-order valence-electron chi connectivity index (χ2n) is 6.17. The number of benzene rings is 2. The van der Waals surface area contributed by atoms with E-state index in [2.05, 4.69) is 69.1 Å². The van der Waals surface area contributed by atoms with Gasteiger partial charge in [-0.3, -0.25) is 9.98 Å². The van der Waals surface area contributed by atoms with Gasteiger partial charge >= 0.3 is 0 Å². The number of fused-ring (bicyclic) bond motifs is 1. The van der Waals surface area contributed by atoms with Gasteiger partial charge in [0.25, 0.3) is 0 Å². The van der Waals surface area contributed by atoms with Gasteiger partial charge in [0.2, 0.25) is 0 Å². The molecule has 2 aliphatic heterocycles. The van der Waals surface area contributed by atoms with E-state index in [-0.39, 0.29) is 0 Å². The number of nitrogens with one attached hydrogen (secondary N) is 2. The van der Waals surface area contributed by atoms with Crippen LogP contribution in [0.15, 0.2) is 58.5 Å². The first-order valence-electron chi connectivity index (χ1n) is 8.78. The van der Waals surface area contributed by atoms with Crippen LogP contribution in [-0.2, 0) is 12.8 Å². The normalized spacial score (nSPS) is 16.0. The second kappa shape index (κ2) is 7.74. The molecule has 2 aromatic carbocycles. The average molecular weight is 350 g/mol. The molecule has 0 saturated heterocycles. The third-order valence-electron chi connectivity index (χ3n) is 4.42. The van der Waals surface area contributed by atoms with E-state index in [1.807, 2.05) is 0 Å². The highest BCUT2D eigenvalue weighted by Gasteiger charge is 2.12. The lowest BCUT2D eigenvalue weighted by Crippen LogP contribution is -2.30. The number of thioether (sulfide) groups is 1. The fourth-order valence-corrected chi connectivity index (χ4v) is 3.86. The molecule has 0 radical (unpaired) electrons. The molecule has 0 unspecified atom stereocenters. The Labute approximate surface area is 152 Å². The van der Waals surface area contributed by atoms with Gasteiger partial charge in [-0.25, -0.2) is 0 Å². The van der Waals surface area contributed by atoms with Crippen LogP contribution in [0.4, 0.5) is 5.69 Å². The number of nitrogens with zero attached hydrogens (tertiary/aromatic N) is 2. The van der Waals surface area contributed by atoms with E-state index in [0.717, 1.165) is 54.9 Å². The van der Waals surface area contributed by atoms with Gasteiger partial charge < -0.3 is 10.6 Å². The lowest BCUT2D eigenvalue weighted by Gasteiger charge is -2.18. The van der Waals surface area contributed by atoms with Crippen molar-refractivity contribution in [1.29, 1.82) is 0 Å². The largest absolute Gasteiger partial charge is 0.370 e. The summed E-state index contributed by atoms with van der Waals surface area (Å²) in [6, 6.07) is 17.2. The molecule has 0 fully saturated rings. The summed E-state index contributed by atoms with van der Waals surface area (Å²) in [6.07, 6.45) is 2.02. The fourth-order valence-electron chi connectivity index (χ4n) is 3.11. The summed E-state index contributed by atoms with van der Waals surface area (Å²) in [7, 11) is 0. The van der Waals surface area contributed by atoms with E-state index < -0.39 is 0 Å². The smallest absolute Gasteiger partial charge is 0.161 e. The molecule has 25 heavy (non-hydrogen) atoms. The highest BCUT2D eigenvalue weighted by molar-refractivity contribution is 8.14. The van der Waals surface area contributed by atoms with Crippen molar-refractivity contribution in [2.24, 2.45) is 9.98 Å². The number of rotatable bonds is 4. The first-order valence-corrected chi connectivity index (χ1v) is 9.77. The van der Waals surface area contributed by atoms with Gasteiger partial charge in [0, 0.05) is 30.1 Å². The van der Waals surface area contributed by atoms with Crippen LogP contribution in [-0.4, -0.2) is 36.4 Å². The van der Waals surface area contributed by atoms with Crippen molar-refractivity contribution in [1.82, 2.24) is 5.32 Å². The van der Waals surface area contributed by atoms with Gasteiger partial charge in [0.15, 0.2) is 5.17 Å². The lowest BCUT2D eigenvalue weighted by molar-refractivity contribution is 0.838. The maximum absolute atomic E-state index is 4.65. The van der Waals surface area contributed by atoms with Gasteiger partial charge in [0.1, 0.15) is 5.84 Å². The Morgan fingerprint density at radius 1 is 0.960 bits per heavy atom. The zero-order valence-corrected chi connectivity index (χ0v) is 15.0. The first kappa shape index (κ1) is 16.2. The molecule has 0 atom stereocenters. The molecule has 128 valence electrons. The highest BCUT2D eigenvalue weighted by atomic mass is 32.2. The monoisotopic (exact) mass is 350 g/mol. The van der Waals surface area contributed by atoms with Gasteiger partial charge in [-0.05, 0) is 36.1 Å². The molecule has 0 bridgehead atoms. The molecule has 0 aromatic heterocycles. The standard InChI is InChI=1S/C20H22N4S/c1-2-4-18-16(3-1)10-12-22-19(18)21-11-9-15-5-7-17(8-6-15)24-20-23-13-14-25-20/h1-8H,9-14H2,(H,21,22)(H,23,24).